The summed E-state index contributed by atoms with van der Waals surface area (Å²) in [5, 5.41) is 5.56. The molecule has 5 fully saturated rings. The summed E-state index contributed by atoms with van der Waals surface area (Å²) >= 11 is 0. The number of halogens is 10. The van der Waals surface area contributed by atoms with Crippen molar-refractivity contribution in [3.63, 3.8) is 0 Å². The van der Waals surface area contributed by atoms with Gasteiger partial charge in [-0.05, 0) is 56.3 Å². The van der Waals surface area contributed by atoms with Crippen LogP contribution in [0.25, 0.3) is 0 Å². The highest BCUT2D eigenvalue weighted by Crippen LogP contribution is 2.52. The molecule has 0 amide bonds. The lowest BCUT2D eigenvalue weighted by molar-refractivity contribution is -0.351. The van der Waals surface area contributed by atoms with Crippen LogP contribution in [0.1, 0.15) is 77.0 Å². The molecule has 250 valence electrons. The molecule has 0 spiro atoms. The number of rotatable bonds is 11. The lowest BCUT2D eigenvalue weighted by atomic mass is 9.59. The van der Waals surface area contributed by atoms with E-state index in [1.165, 1.54) is 0 Å². The van der Waals surface area contributed by atoms with Crippen LogP contribution < -0.4 is 10.6 Å². The summed E-state index contributed by atoms with van der Waals surface area (Å²) < 4.78 is 155. The average Bonchev–Trinajstić information content (AvgIpc) is 3.56. The average molecular weight is 645 g/mol. The zero-order valence-electron chi connectivity index (χ0n) is 23.4. The summed E-state index contributed by atoms with van der Waals surface area (Å²) in [6.45, 7) is -1.34. The van der Waals surface area contributed by atoms with Crippen LogP contribution in [-0.2, 0) is 18.9 Å². The first kappa shape index (κ1) is 33.4. The van der Waals surface area contributed by atoms with Crippen molar-refractivity contribution < 1.29 is 62.9 Å². The second-order valence-electron chi connectivity index (χ2n) is 12.8. The summed E-state index contributed by atoms with van der Waals surface area (Å²) in [6, 6.07) is 0. The largest absolute Gasteiger partial charge is 0.486 e. The smallest absolute Gasteiger partial charge is 0.337 e. The molecule has 5 aliphatic rings. The van der Waals surface area contributed by atoms with Crippen molar-refractivity contribution in [3.05, 3.63) is 0 Å². The molecule has 43 heavy (non-hydrogen) atoms. The SMILES string of the molecule is FC1CC(OC(F)(F)C(F)F)CC([C@](CC2CCCCC2)(NC2OC2NCC(F)(F)F)C2CCC3OC(F)(F)OC3C2)C1. The number of fused-ring (bicyclic) bond motifs is 1. The molecule has 8 unspecified atom stereocenters. The molecule has 6 nitrogen and oxygen atoms in total. The van der Waals surface area contributed by atoms with E-state index in [0.717, 1.165) is 32.1 Å². The van der Waals surface area contributed by atoms with Gasteiger partial charge >= 0.3 is 25.0 Å². The van der Waals surface area contributed by atoms with Crippen LogP contribution in [0, 0.1) is 17.8 Å². The predicted molar refractivity (Wildman–Crippen MR) is 130 cm³/mol. The van der Waals surface area contributed by atoms with E-state index in [2.05, 4.69) is 15.4 Å². The fraction of sp³-hybridized carbons (Fsp3) is 1.00. The Labute approximate surface area is 242 Å². The minimum Gasteiger partial charge on any atom is -0.337 e. The molecule has 0 aromatic rings. The van der Waals surface area contributed by atoms with Gasteiger partial charge in [0.05, 0.1) is 24.9 Å². The first-order valence-electron chi connectivity index (χ1n) is 15.0. The quantitative estimate of drug-likeness (QED) is 0.195. The molecule has 0 aromatic heterocycles. The van der Waals surface area contributed by atoms with E-state index in [-0.39, 0.29) is 31.6 Å². The van der Waals surface area contributed by atoms with Gasteiger partial charge in [-0.3, -0.25) is 20.1 Å². The van der Waals surface area contributed by atoms with E-state index >= 15 is 4.39 Å². The zero-order chi connectivity index (χ0) is 31.2. The van der Waals surface area contributed by atoms with Gasteiger partial charge < -0.3 is 9.47 Å². The summed E-state index contributed by atoms with van der Waals surface area (Å²) in [7, 11) is 0. The van der Waals surface area contributed by atoms with E-state index in [9.17, 15) is 39.5 Å². The van der Waals surface area contributed by atoms with Gasteiger partial charge in [-0.2, -0.15) is 22.0 Å². The minimum atomic E-state index is -4.81. The van der Waals surface area contributed by atoms with Crippen LogP contribution >= 0.6 is 0 Å². The summed E-state index contributed by atoms with van der Waals surface area (Å²) in [6.07, 6.45) is -20.2. The highest BCUT2D eigenvalue weighted by atomic mass is 19.4. The van der Waals surface area contributed by atoms with Crippen molar-refractivity contribution >= 4 is 0 Å². The third kappa shape index (κ3) is 8.27. The van der Waals surface area contributed by atoms with Crippen molar-refractivity contribution in [3.8, 4) is 0 Å². The predicted octanol–water partition coefficient (Wildman–Crippen LogP) is 6.64. The number of hydrogen-bond donors (Lipinski definition) is 2. The topological polar surface area (TPSA) is 64.3 Å². The third-order valence-corrected chi connectivity index (χ3v) is 9.71. The van der Waals surface area contributed by atoms with Crippen LogP contribution in [0.3, 0.4) is 0 Å². The summed E-state index contributed by atoms with van der Waals surface area (Å²) in [5.41, 5.74) is -1.19. The Morgan fingerprint density at radius 3 is 2.19 bits per heavy atom. The normalized spacial score (nSPS) is 38.6. The Kier molecular flexibility index (Phi) is 9.86. The maximum Gasteiger partial charge on any atom is 0.486 e. The molecule has 16 heteroatoms. The van der Waals surface area contributed by atoms with Crippen molar-refractivity contribution in [1.29, 1.82) is 0 Å². The Morgan fingerprint density at radius 1 is 0.814 bits per heavy atom. The molecule has 0 bridgehead atoms. The van der Waals surface area contributed by atoms with Crippen molar-refractivity contribution in [2.24, 2.45) is 17.8 Å². The Bertz CT molecular complexity index is 940. The second kappa shape index (κ2) is 12.7. The fourth-order valence-corrected chi connectivity index (χ4v) is 7.89. The molecule has 2 aliphatic heterocycles. The van der Waals surface area contributed by atoms with Crippen LogP contribution in [0.5, 0.6) is 0 Å². The van der Waals surface area contributed by atoms with Gasteiger partial charge in [-0.15, -0.1) is 8.78 Å². The molecular formula is C27H38F10N2O4. The molecule has 5 rings (SSSR count). The van der Waals surface area contributed by atoms with E-state index in [0.29, 0.717) is 12.8 Å². The lowest BCUT2D eigenvalue weighted by Crippen LogP contribution is -2.63. The van der Waals surface area contributed by atoms with Crippen LogP contribution in [0.15, 0.2) is 0 Å². The number of hydrogen-bond acceptors (Lipinski definition) is 6. The lowest BCUT2D eigenvalue weighted by Gasteiger charge is -2.53. The number of alkyl halides is 10. The van der Waals surface area contributed by atoms with Gasteiger partial charge in [-0.1, -0.05) is 32.1 Å². The van der Waals surface area contributed by atoms with Crippen molar-refractivity contribution in [2.75, 3.05) is 6.54 Å². The maximum absolute atomic E-state index is 15.3. The first-order chi connectivity index (χ1) is 20.1. The minimum absolute atomic E-state index is 0.0273. The molecule has 0 aromatic carbocycles. The van der Waals surface area contributed by atoms with E-state index in [1.807, 2.05) is 0 Å². The maximum atomic E-state index is 15.3. The van der Waals surface area contributed by atoms with Gasteiger partial charge in [0.25, 0.3) is 0 Å². The third-order valence-electron chi connectivity index (χ3n) is 9.71. The second-order valence-corrected chi connectivity index (χ2v) is 12.8. The number of epoxide rings is 1. The molecule has 2 N–H and O–H groups in total. The molecule has 3 aliphatic carbocycles. The molecule has 3 saturated carbocycles. The highest BCUT2D eigenvalue weighted by Gasteiger charge is 2.59. The fourth-order valence-electron chi connectivity index (χ4n) is 7.89. The molecule has 2 heterocycles. The number of nitrogens with one attached hydrogen (secondary N) is 2. The molecular weight excluding hydrogens is 606 g/mol. The first-order valence-corrected chi connectivity index (χ1v) is 15.0. The van der Waals surface area contributed by atoms with Crippen LogP contribution in [-0.4, -0.2) is 74.0 Å². The zero-order valence-corrected chi connectivity index (χ0v) is 23.4. The molecule has 9 atom stereocenters. The van der Waals surface area contributed by atoms with Gasteiger partial charge in [0, 0.05) is 12.0 Å². The standard InChI is InChI=1S/C27H38F10N2O4/c28-17-8-16(9-18(11-17)41-26(34,35)23(29)30)24(12-14-4-2-1-3-5-14,39-22-21(40-22)38-13-25(31,32)33)15-6-7-19-20(10-15)43-27(36,37)42-19/h14-23,38-39H,1-13H2/t15?,16?,17?,18?,19?,20?,21?,22?,24-/m1/s1. The molecule has 2 saturated heterocycles. The monoisotopic (exact) mass is 644 g/mol. The van der Waals surface area contributed by atoms with E-state index in [1.54, 1.807) is 0 Å². The number of ether oxygens (including phenoxy) is 4. The molecule has 0 radical (unpaired) electrons. The summed E-state index contributed by atoms with van der Waals surface area (Å²) in [5.74, 6) is -1.27. The van der Waals surface area contributed by atoms with E-state index < -0.39 is 92.3 Å². The van der Waals surface area contributed by atoms with Crippen molar-refractivity contribution in [2.45, 2.75) is 145 Å². The highest BCUT2D eigenvalue weighted by molar-refractivity contribution is 5.09. The van der Waals surface area contributed by atoms with Crippen LogP contribution in [0.2, 0.25) is 0 Å². The van der Waals surface area contributed by atoms with Gasteiger partial charge in [0.1, 0.15) is 6.17 Å². The van der Waals surface area contributed by atoms with Crippen molar-refractivity contribution in [1.82, 2.24) is 10.6 Å². The van der Waals surface area contributed by atoms with Crippen LogP contribution in [0.4, 0.5) is 43.9 Å². The Hall–Kier alpha value is -0.940. The van der Waals surface area contributed by atoms with Gasteiger partial charge in [0.2, 0.25) is 0 Å². The Morgan fingerprint density at radius 2 is 1.51 bits per heavy atom. The van der Waals surface area contributed by atoms with E-state index in [4.69, 9.17) is 14.2 Å². The summed E-state index contributed by atoms with van der Waals surface area (Å²) in [4.78, 5) is 0. The van der Waals surface area contributed by atoms with Gasteiger partial charge in [-0.25, -0.2) is 13.2 Å². The van der Waals surface area contributed by atoms with Gasteiger partial charge in [0.15, 0.2) is 12.5 Å². The Balaban J connectivity index is 1.45.